The van der Waals surface area contributed by atoms with Crippen molar-refractivity contribution in [2.45, 2.75) is 63.1 Å². The van der Waals surface area contributed by atoms with E-state index in [2.05, 4.69) is 0 Å². The Balaban J connectivity index is 2.10. The molecule has 0 aromatic rings. The molecule has 2 fully saturated rings. The van der Waals surface area contributed by atoms with Crippen LogP contribution in [0.25, 0.3) is 0 Å². The minimum atomic E-state index is -3.56. The highest BCUT2D eigenvalue weighted by Gasteiger charge is 2.49. The zero-order chi connectivity index (χ0) is 16.5. The molecule has 130 valence electrons. The van der Waals surface area contributed by atoms with Crippen LogP contribution in [-0.2, 0) is 33.2 Å². The molecule has 0 spiro atoms. The van der Waals surface area contributed by atoms with Gasteiger partial charge in [0, 0.05) is 13.2 Å². The van der Waals surface area contributed by atoms with Gasteiger partial charge < -0.3 is 24.7 Å². The van der Waals surface area contributed by atoms with Gasteiger partial charge in [-0.05, 0) is 26.7 Å². The molecule has 2 rings (SSSR count). The second kappa shape index (κ2) is 6.68. The summed E-state index contributed by atoms with van der Waals surface area (Å²) in [6.07, 6.45) is 0.509. The molecular weight excluding hydrogens is 314 g/mol. The van der Waals surface area contributed by atoms with Crippen molar-refractivity contribution in [1.29, 1.82) is 0 Å². The second-order valence-electron chi connectivity index (χ2n) is 6.13. The van der Waals surface area contributed by atoms with Crippen LogP contribution in [0.2, 0.25) is 0 Å². The summed E-state index contributed by atoms with van der Waals surface area (Å²) in [7, 11) is -2.00. The maximum Gasteiger partial charge on any atom is 0.264 e. The molecule has 0 amide bonds. The van der Waals surface area contributed by atoms with Gasteiger partial charge in [0.1, 0.15) is 18.3 Å². The molecule has 0 aromatic heterocycles. The van der Waals surface area contributed by atoms with Crippen LogP contribution in [0.1, 0.15) is 26.7 Å². The van der Waals surface area contributed by atoms with Crippen molar-refractivity contribution in [2.75, 3.05) is 20.0 Å². The van der Waals surface area contributed by atoms with E-state index < -0.39 is 34.2 Å². The zero-order valence-electron chi connectivity index (χ0n) is 13.4. The SMILES string of the molecule is CO[C@H]1CC[C@@H](N)[C@H]([C@@H]2OC(C)(C)O[C@H]2COS(C)(=O)=O)O1. The topological polar surface area (TPSA) is 106 Å². The molecule has 8 nitrogen and oxygen atoms in total. The van der Waals surface area contributed by atoms with Gasteiger partial charge in [0.2, 0.25) is 0 Å². The number of hydrogen-bond acceptors (Lipinski definition) is 8. The van der Waals surface area contributed by atoms with Crippen molar-refractivity contribution < 1.29 is 31.5 Å². The normalized spacial score (nSPS) is 39.0. The molecule has 0 aromatic carbocycles. The van der Waals surface area contributed by atoms with Crippen LogP contribution in [0.4, 0.5) is 0 Å². The van der Waals surface area contributed by atoms with Gasteiger partial charge >= 0.3 is 0 Å². The Morgan fingerprint density at radius 2 is 1.91 bits per heavy atom. The molecule has 2 aliphatic heterocycles. The van der Waals surface area contributed by atoms with Crippen LogP contribution in [0.15, 0.2) is 0 Å². The molecular formula is C13H25NO7S. The average Bonchev–Trinajstić information content (AvgIpc) is 2.71. The lowest BCUT2D eigenvalue weighted by atomic mass is 9.95. The van der Waals surface area contributed by atoms with Crippen molar-refractivity contribution in [3.05, 3.63) is 0 Å². The highest BCUT2D eigenvalue weighted by molar-refractivity contribution is 7.85. The summed E-state index contributed by atoms with van der Waals surface area (Å²) in [6, 6.07) is -0.241. The smallest absolute Gasteiger partial charge is 0.264 e. The van der Waals surface area contributed by atoms with Gasteiger partial charge in [0.25, 0.3) is 10.1 Å². The Morgan fingerprint density at radius 1 is 1.23 bits per heavy atom. The fraction of sp³-hybridized carbons (Fsp3) is 1.00. The van der Waals surface area contributed by atoms with E-state index in [0.29, 0.717) is 6.42 Å². The van der Waals surface area contributed by atoms with E-state index in [1.54, 1.807) is 21.0 Å². The lowest BCUT2D eigenvalue weighted by Crippen LogP contribution is -2.54. The lowest BCUT2D eigenvalue weighted by molar-refractivity contribution is -0.223. The van der Waals surface area contributed by atoms with E-state index in [-0.39, 0.29) is 18.9 Å². The van der Waals surface area contributed by atoms with E-state index in [1.807, 2.05) is 0 Å². The summed E-state index contributed by atoms with van der Waals surface area (Å²) in [6.45, 7) is 3.36. The predicted octanol–water partition coefficient (Wildman–Crippen LogP) is -0.0385. The largest absolute Gasteiger partial charge is 0.356 e. The quantitative estimate of drug-likeness (QED) is 0.696. The first kappa shape index (κ1) is 18.1. The van der Waals surface area contributed by atoms with Crippen LogP contribution in [0.3, 0.4) is 0 Å². The maximum absolute atomic E-state index is 11.2. The number of rotatable bonds is 5. The fourth-order valence-electron chi connectivity index (χ4n) is 2.79. The van der Waals surface area contributed by atoms with Crippen molar-refractivity contribution in [2.24, 2.45) is 5.73 Å². The van der Waals surface area contributed by atoms with E-state index >= 15 is 0 Å². The van der Waals surface area contributed by atoms with Crippen molar-refractivity contribution in [3.8, 4) is 0 Å². The molecule has 5 atom stereocenters. The van der Waals surface area contributed by atoms with Gasteiger partial charge in [-0.1, -0.05) is 0 Å². The van der Waals surface area contributed by atoms with Crippen LogP contribution in [0.5, 0.6) is 0 Å². The summed E-state index contributed by atoms with van der Waals surface area (Å²) in [5.41, 5.74) is 6.13. The van der Waals surface area contributed by atoms with Gasteiger partial charge in [-0.2, -0.15) is 8.42 Å². The summed E-state index contributed by atoms with van der Waals surface area (Å²) in [5.74, 6) is -0.862. The Kier molecular flexibility index (Phi) is 5.48. The Bertz CT molecular complexity index is 481. The van der Waals surface area contributed by atoms with Crippen LogP contribution >= 0.6 is 0 Å². The van der Waals surface area contributed by atoms with Gasteiger partial charge in [0.05, 0.1) is 12.9 Å². The fourth-order valence-corrected chi connectivity index (χ4v) is 3.17. The molecule has 0 unspecified atom stereocenters. The third-order valence-electron chi connectivity index (χ3n) is 3.72. The van der Waals surface area contributed by atoms with Gasteiger partial charge in [0.15, 0.2) is 12.1 Å². The van der Waals surface area contributed by atoms with E-state index in [9.17, 15) is 8.42 Å². The molecule has 0 saturated carbocycles. The second-order valence-corrected chi connectivity index (χ2v) is 7.78. The molecule has 22 heavy (non-hydrogen) atoms. The van der Waals surface area contributed by atoms with Crippen molar-refractivity contribution in [1.82, 2.24) is 0 Å². The minimum absolute atomic E-state index is 0.142. The molecule has 0 bridgehead atoms. The maximum atomic E-state index is 11.2. The number of nitrogens with two attached hydrogens (primary N) is 1. The molecule has 0 aliphatic carbocycles. The number of hydrogen-bond donors (Lipinski definition) is 1. The van der Waals surface area contributed by atoms with Crippen LogP contribution in [0, 0.1) is 0 Å². The summed E-state index contributed by atoms with van der Waals surface area (Å²) in [4.78, 5) is 0. The van der Waals surface area contributed by atoms with Gasteiger partial charge in [-0.15, -0.1) is 0 Å². The van der Waals surface area contributed by atoms with Gasteiger partial charge in [-0.3, -0.25) is 4.18 Å². The first-order chi connectivity index (χ1) is 10.1. The van der Waals surface area contributed by atoms with E-state index in [1.165, 1.54) is 0 Å². The Hall–Kier alpha value is -0.290. The molecule has 2 aliphatic rings. The standard InChI is InChI=1S/C13H25NO7S/c1-13(2)20-9(7-18-22(4,15)16)12(21-13)11-8(14)5-6-10(17-3)19-11/h8-12H,5-7,14H2,1-4H3/t8-,9+,10-,11-,12-/m1/s1. The Morgan fingerprint density at radius 3 is 2.50 bits per heavy atom. The lowest BCUT2D eigenvalue weighted by Gasteiger charge is -2.37. The van der Waals surface area contributed by atoms with Crippen LogP contribution in [-0.4, -0.2) is 64.8 Å². The minimum Gasteiger partial charge on any atom is -0.356 e. The zero-order valence-corrected chi connectivity index (χ0v) is 14.2. The molecule has 2 heterocycles. The van der Waals surface area contributed by atoms with E-state index in [4.69, 9.17) is 28.9 Å². The summed E-state index contributed by atoms with van der Waals surface area (Å²) in [5, 5.41) is 0. The predicted molar refractivity (Wildman–Crippen MR) is 77.5 cm³/mol. The number of methoxy groups -OCH3 is 1. The molecule has 0 radical (unpaired) electrons. The first-order valence-electron chi connectivity index (χ1n) is 7.25. The third-order valence-corrected chi connectivity index (χ3v) is 4.29. The van der Waals surface area contributed by atoms with Crippen molar-refractivity contribution >= 4 is 10.1 Å². The number of ether oxygens (including phenoxy) is 4. The molecule has 2 saturated heterocycles. The third kappa shape index (κ3) is 4.60. The van der Waals surface area contributed by atoms with Crippen LogP contribution < -0.4 is 5.73 Å². The highest BCUT2D eigenvalue weighted by atomic mass is 32.2. The van der Waals surface area contributed by atoms with Crippen molar-refractivity contribution in [3.63, 3.8) is 0 Å². The first-order valence-corrected chi connectivity index (χ1v) is 9.07. The highest BCUT2D eigenvalue weighted by Crippen LogP contribution is 2.35. The molecule has 9 heteroatoms. The molecule has 2 N–H and O–H groups in total. The average molecular weight is 339 g/mol. The monoisotopic (exact) mass is 339 g/mol. The summed E-state index contributed by atoms with van der Waals surface area (Å²) < 4.78 is 49.9. The van der Waals surface area contributed by atoms with Gasteiger partial charge in [-0.25, -0.2) is 0 Å². The Labute approximate surface area is 131 Å². The summed E-state index contributed by atoms with van der Waals surface area (Å²) >= 11 is 0. The van der Waals surface area contributed by atoms with E-state index in [0.717, 1.165) is 12.7 Å².